The molecule has 0 amide bonds. The summed E-state index contributed by atoms with van der Waals surface area (Å²) < 4.78 is 31.7. The number of rotatable bonds is 6. The Bertz CT molecular complexity index is 840. The van der Waals surface area contributed by atoms with E-state index in [2.05, 4.69) is 9.62 Å². The van der Waals surface area contributed by atoms with Crippen LogP contribution in [-0.4, -0.2) is 50.3 Å². The molecule has 0 aliphatic carbocycles. The van der Waals surface area contributed by atoms with Gasteiger partial charge in [-0.05, 0) is 31.0 Å². The summed E-state index contributed by atoms with van der Waals surface area (Å²) in [4.78, 5) is 14.2. The van der Waals surface area contributed by atoms with Crippen LogP contribution in [0.5, 0.6) is 0 Å². The van der Waals surface area contributed by atoms with Gasteiger partial charge in [0.2, 0.25) is 10.0 Å². The maximum Gasteiger partial charge on any atom is 0.419 e. The Labute approximate surface area is 134 Å². The van der Waals surface area contributed by atoms with Crippen LogP contribution in [0, 0.1) is 5.92 Å². The zero-order valence-electron chi connectivity index (χ0n) is 13.1. The second-order valence-corrected chi connectivity index (χ2v) is 7.90. The molecule has 7 nitrogen and oxygen atoms in total. The van der Waals surface area contributed by atoms with Crippen molar-refractivity contribution >= 4 is 21.1 Å². The van der Waals surface area contributed by atoms with Gasteiger partial charge in [0.25, 0.3) is 0 Å². The summed E-state index contributed by atoms with van der Waals surface area (Å²) in [6.07, 6.45) is 2.14. The summed E-state index contributed by atoms with van der Waals surface area (Å²) in [6, 6.07) is 7.39. The van der Waals surface area contributed by atoms with Gasteiger partial charge in [-0.2, -0.15) is 0 Å². The molecule has 1 N–H and O–H groups in total. The van der Waals surface area contributed by atoms with E-state index in [4.69, 9.17) is 4.42 Å². The lowest BCUT2D eigenvalue weighted by Gasteiger charge is -2.16. The van der Waals surface area contributed by atoms with Crippen LogP contribution in [0.1, 0.15) is 6.42 Å². The van der Waals surface area contributed by atoms with E-state index in [1.807, 2.05) is 18.2 Å². The van der Waals surface area contributed by atoms with E-state index in [0.29, 0.717) is 24.6 Å². The van der Waals surface area contributed by atoms with Crippen LogP contribution in [0.2, 0.25) is 0 Å². The first kappa shape index (κ1) is 16.2. The zero-order chi connectivity index (χ0) is 16.4. The number of hydrogen-bond acceptors (Lipinski definition) is 5. The predicted octanol–water partition coefficient (Wildman–Crippen LogP) is 0.466. The van der Waals surface area contributed by atoms with Gasteiger partial charge in [0.05, 0.1) is 11.8 Å². The lowest BCUT2D eigenvalue weighted by atomic mass is 10.1. The molecule has 1 aromatic heterocycles. The van der Waals surface area contributed by atoms with Crippen molar-refractivity contribution < 1.29 is 12.8 Å². The fraction of sp³-hybridized carbons (Fsp3) is 0.533. The van der Waals surface area contributed by atoms with Crippen molar-refractivity contribution in [3.63, 3.8) is 0 Å². The van der Waals surface area contributed by atoms with Gasteiger partial charge < -0.3 is 9.32 Å². The van der Waals surface area contributed by atoms with Crippen LogP contribution in [0.4, 0.5) is 0 Å². The number of sulfonamides is 1. The Morgan fingerprint density at radius 2 is 2.09 bits per heavy atom. The van der Waals surface area contributed by atoms with E-state index in [1.165, 1.54) is 6.26 Å². The van der Waals surface area contributed by atoms with Crippen LogP contribution in [-0.2, 0) is 16.6 Å². The van der Waals surface area contributed by atoms with Crippen LogP contribution in [0.15, 0.2) is 33.5 Å². The number of nitrogens with one attached hydrogen (secondary N) is 1. The van der Waals surface area contributed by atoms with E-state index in [0.717, 1.165) is 31.6 Å². The molecule has 2 aromatic rings. The van der Waals surface area contributed by atoms with Crippen molar-refractivity contribution in [3.8, 4) is 0 Å². The van der Waals surface area contributed by atoms with Crippen LogP contribution in [0.3, 0.4) is 0 Å². The summed E-state index contributed by atoms with van der Waals surface area (Å²) in [5, 5.41) is 0. The third-order valence-electron chi connectivity index (χ3n) is 4.22. The van der Waals surface area contributed by atoms with Gasteiger partial charge >= 0.3 is 5.76 Å². The first-order valence-corrected chi connectivity index (χ1v) is 9.57. The maximum absolute atomic E-state index is 11.9. The number of hydrogen-bond donors (Lipinski definition) is 1. The Kier molecular flexibility index (Phi) is 4.56. The molecule has 1 saturated heterocycles. The number of fused-ring (bicyclic) bond motifs is 1. The number of oxazole rings is 1. The van der Waals surface area contributed by atoms with Crippen molar-refractivity contribution in [2.75, 3.05) is 32.4 Å². The highest BCUT2D eigenvalue weighted by atomic mass is 32.2. The van der Waals surface area contributed by atoms with Crippen LogP contribution >= 0.6 is 0 Å². The summed E-state index contributed by atoms with van der Waals surface area (Å²) >= 11 is 0. The molecule has 1 aromatic carbocycles. The van der Waals surface area contributed by atoms with Crippen molar-refractivity contribution in [1.29, 1.82) is 0 Å². The first-order valence-electron chi connectivity index (χ1n) is 7.68. The van der Waals surface area contributed by atoms with Crippen molar-refractivity contribution in [2.45, 2.75) is 13.0 Å². The number of likely N-dealkylation sites (tertiary alicyclic amines) is 1. The standard InChI is InChI=1S/C15H21N3O4S/c1-23(20,21)16-10-12-6-7-17(11-12)8-9-18-13-4-2-3-5-14(13)22-15(18)19/h2-5,12,16H,6-11H2,1H3. The van der Waals surface area contributed by atoms with Crippen molar-refractivity contribution in [1.82, 2.24) is 14.2 Å². The van der Waals surface area contributed by atoms with E-state index in [9.17, 15) is 13.2 Å². The predicted molar refractivity (Wildman–Crippen MR) is 87.9 cm³/mol. The van der Waals surface area contributed by atoms with Gasteiger partial charge in [-0.3, -0.25) is 4.57 Å². The molecule has 1 aliphatic heterocycles. The maximum atomic E-state index is 11.9. The largest absolute Gasteiger partial charge is 0.419 e. The second kappa shape index (κ2) is 6.46. The number of aromatic nitrogens is 1. The summed E-state index contributed by atoms with van der Waals surface area (Å²) in [7, 11) is -3.13. The molecule has 1 atom stereocenters. The van der Waals surface area contributed by atoms with Gasteiger partial charge in [0.1, 0.15) is 0 Å². The van der Waals surface area contributed by atoms with Gasteiger partial charge in [-0.25, -0.2) is 17.9 Å². The van der Waals surface area contributed by atoms with Crippen LogP contribution in [0.25, 0.3) is 11.1 Å². The first-order chi connectivity index (χ1) is 10.9. The highest BCUT2D eigenvalue weighted by molar-refractivity contribution is 7.88. The molecule has 1 aliphatic rings. The van der Waals surface area contributed by atoms with Crippen LogP contribution < -0.4 is 10.5 Å². The lowest BCUT2D eigenvalue weighted by Crippen LogP contribution is -2.31. The van der Waals surface area contributed by atoms with Gasteiger partial charge in [0.15, 0.2) is 5.58 Å². The molecule has 1 unspecified atom stereocenters. The molecule has 1 fully saturated rings. The monoisotopic (exact) mass is 339 g/mol. The molecule has 0 radical (unpaired) electrons. The Morgan fingerprint density at radius 1 is 1.30 bits per heavy atom. The van der Waals surface area contributed by atoms with Gasteiger partial charge in [-0.1, -0.05) is 12.1 Å². The molecule has 0 spiro atoms. The average Bonchev–Trinajstić information content (AvgIpc) is 3.06. The fourth-order valence-electron chi connectivity index (χ4n) is 3.02. The molecule has 0 saturated carbocycles. The fourth-order valence-corrected chi connectivity index (χ4v) is 3.56. The molecule has 8 heteroatoms. The summed E-state index contributed by atoms with van der Waals surface area (Å²) in [6.45, 7) is 3.55. The third-order valence-corrected chi connectivity index (χ3v) is 4.91. The molecule has 2 heterocycles. The minimum absolute atomic E-state index is 0.322. The molecule has 3 rings (SSSR count). The van der Waals surface area contributed by atoms with Crippen molar-refractivity contribution in [2.24, 2.45) is 5.92 Å². The smallest absolute Gasteiger partial charge is 0.408 e. The minimum atomic E-state index is -3.13. The van der Waals surface area contributed by atoms with E-state index in [1.54, 1.807) is 10.6 Å². The highest BCUT2D eigenvalue weighted by Gasteiger charge is 2.23. The molecular formula is C15H21N3O4S. The average molecular weight is 339 g/mol. The van der Waals surface area contributed by atoms with E-state index in [-0.39, 0.29) is 5.76 Å². The summed E-state index contributed by atoms with van der Waals surface area (Å²) in [5.41, 5.74) is 1.42. The second-order valence-electron chi connectivity index (χ2n) is 6.06. The third kappa shape index (κ3) is 4.01. The Hall–Kier alpha value is -1.64. The SMILES string of the molecule is CS(=O)(=O)NCC1CCN(CCn2c(=O)oc3ccccc32)C1. The number of benzene rings is 1. The number of nitrogens with zero attached hydrogens (tertiary/aromatic N) is 2. The van der Waals surface area contributed by atoms with E-state index >= 15 is 0 Å². The molecule has 23 heavy (non-hydrogen) atoms. The quantitative estimate of drug-likeness (QED) is 0.827. The summed E-state index contributed by atoms with van der Waals surface area (Å²) in [5.74, 6) is -0.0109. The lowest BCUT2D eigenvalue weighted by molar-refractivity contribution is 0.306. The van der Waals surface area contributed by atoms with E-state index < -0.39 is 10.0 Å². The number of para-hydroxylation sites is 2. The van der Waals surface area contributed by atoms with Gasteiger partial charge in [0, 0.05) is 26.2 Å². The Balaban J connectivity index is 1.57. The highest BCUT2D eigenvalue weighted by Crippen LogP contribution is 2.16. The molecule has 0 bridgehead atoms. The van der Waals surface area contributed by atoms with Gasteiger partial charge in [-0.15, -0.1) is 0 Å². The normalized spacial score (nSPS) is 19.6. The van der Waals surface area contributed by atoms with Crippen molar-refractivity contribution in [3.05, 3.63) is 34.8 Å². The zero-order valence-corrected chi connectivity index (χ0v) is 13.9. The molecule has 126 valence electrons. The molecular weight excluding hydrogens is 318 g/mol. The Morgan fingerprint density at radius 3 is 2.87 bits per heavy atom. The topological polar surface area (TPSA) is 84.5 Å². The minimum Gasteiger partial charge on any atom is -0.408 e.